The SMILES string of the molecule is O=C(CCCCCn1c(=S)[nH]c2ccccc2c1=O)Nc1nc2c(s1)CCCCC2. The van der Waals surface area contributed by atoms with Gasteiger partial charge in [-0.1, -0.05) is 25.0 Å². The zero-order chi connectivity index (χ0) is 20.9. The number of carbonyl (C=O) groups excluding carboxylic acids is 1. The summed E-state index contributed by atoms with van der Waals surface area (Å²) in [5.74, 6) is 0.0130. The molecule has 2 aromatic heterocycles. The Morgan fingerprint density at radius 2 is 2.00 bits per heavy atom. The van der Waals surface area contributed by atoms with Gasteiger partial charge in [0.05, 0.1) is 16.6 Å². The van der Waals surface area contributed by atoms with Gasteiger partial charge in [0.15, 0.2) is 9.90 Å². The molecule has 8 heteroatoms. The van der Waals surface area contributed by atoms with Gasteiger partial charge in [0.25, 0.3) is 5.56 Å². The van der Waals surface area contributed by atoms with Gasteiger partial charge in [-0.25, -0.2) is 4.98 Å². The van der Waals surface area contributed by atoms with Crippen molar-refractivity contribution < 1.29 is 4.79 Å². The number of fused-ring (bicyclic) bond motifs is 2. The summed E-state index contributed by atoms with van der Waals surface area (Å²) in [6.45, 7) is 0.555. The van der Waals surface area contributed by atoms with Crippen LogP contribution >= 0.6 is 23.6 Å². The second-order valence-electron chi connectivity index (χ2n) is 7.74. The summed E-state index contributed by atoms with van der Waals surface area (Å²) in [6, 6.07) is 7.40. The van der Waals surface area contributed by atoms with E-state index in [2.05, 4.69) is 15.3 Å². The van der Waals surface area contributed by atoms with Crippen LogP contribution in [0, 0.1) is 4.77 Å². The molecule has 6 nitrogen and oxygen atoms in total. The van der Waals surface area contributed by atoms with Gasteiger partial charge in [-0.05, 0) is 62.9 Å². The summed E-state index contributed by atoms with van der Waals surface area (Å²) in [5, 5.41) is 4.34. The molecule has 158 valence electrons. The van der Waals surface area contributed by atoms with E-state index in [9.17, 15) is 9.59 Å². The lowest BCUT2D eigenvalue weighted by Crippen LogP contribution is -2.22. The van der Waals surface area contributed by atoms with E-state index in [-0.39, 0.29) is 11.5 Å². The predicted molar refractivity (Wildman–Crippen MR) is 124 cm³/mol. The van der Waals surface area contributed by atoms with Crippen molar-refractivity contribution in [2.45, 2.75) is 64.3 Å². The largest absolute Gasteiger partial charge is 0.332 e. The third-order valence-electron chi connectivity index (χ3n) is 5.52. The van der Waals surface area contributed by atoms with Crippen LogP contribution in [0.2, 0.25) is 0 Å². The van der Waals surface area contributed by atoms with Crippen molar-refractivity contribution in [3.63, 3.8) is 0 Å². The Balaban J connectivity index is 1.25. The van der Waals surface area contributed by atoms with Crippen molar-refractivity contribution in [1.29, 1.82) is 0 Å². The first kappa shape index (κ1) is 20.9. The Hall–Kier alpha value is -2.32. The second kappa shape index (κ2) is 9.66. The van der Waals surface area contributed by atoms with Crippen LogP contribution in [0.5, 0.6) is 0 Å². The van der Waals surface area contributed by atoms with Gasteiger partial charge in [0, 0.05) is 17.8 Å². The van der Waals surface area contributed by atoms with Gasteiger partial charge >= 0.3 is 0 Å². The van der Waals surface area contributed by atoms with Gasteiger partial charge < -0.3 is 10.3 Å². The molecule has 1 aliphatic carbocycles. The van der Waals surface area contributed by atoms with Crippen LogP contribution in [0.25, 0.3) is 10.9 Å². The maximum atomic E-state index is 12.6. The number of rotatable bonds is 7. The van der Waals surface area contributed by atoms with E-state index in [1.165, 1.54) is 29.8 Å². The van der Waals surface area contributed by atoms with Crippen molar-refractivity contribution in [3.05, 3.63) is 50.0 Å². The molecule has 1 amide bonds. The second-order valence-corrected chi connectivity index (χ2v) is 9.21. The Morgan fingerprint density at radius 3 is 2.90 bits per heavy atom. The van der Waals surface area contributed by atoms with E-state index in [0.29, 0.717) is 23.1 Å². The quantitative estimate of drug-likeness (QED) is 0.307. The van der Waals surface area contributed by atoms with E-state index in [0.717, 1.165) is 42.8 Å². The van der Waals surface area contributed by atoms with Gasteiger partial charge in [-0.3, -0.25) is 14.2 Å². The highest BCUT2D eigenvalue weighted by molar-refractivity contribution is 7.71. The van der Waals surface area contributed by atoms with Crippen LogP contribution in [-0.4, -0.2) is 20.4 Å². The fraction of sp³-hybridized carbons (Fsp3) is 0.455. The number of para-hydroxylation sites is 1. The first-order valence-corrected chi connectivity index (χ1v) is 11.8. The number of aromatic amines is 1. The first-order chi connectivity index (χ1) is 14.6. The molecule has 3 aromatic rings. The topological polar surface area (TPSA) is 79.8 Å². The number of H-pyrrole nitrogens is 1. The highest BCUT2D eigenvalue weighted by Gasteiger charge is 2.15. The van der Waals surface area contributed by atoms with E-state index in [4.69, 9.17) is 12.2 Å². The number of aryl methyl sites for hydroxylation is 2. The molecule has 2 N–H and O–H groups in total. The molecule has 4 rings (SSSR count). The standard InChI is InChI=1S/C22H26N4O2S2/c27-19(25-21-23-17-11-3-1-4-12-18(17)30-21)13-5-2-8-14-26-20(28)15-9-6-7-10-16(15)24-22(26)29/h6-7,9-10H,1-5,8,11-14H2,(H,24,29)(H,23,25,27). The van der Waals surface area contributed by atoms with Crippen LogP contribution in [-0.2, 0) is 24.2 Å². The summed E-state index contributed by atoms with van der Waals surface area (Å²) >= 11 is 6.97. The Bertz CT molecular complexity index is 1140. The lowest BCUT2D eigenvalue weighted by atomic mass is 10.2. The Labute approximate surface area is 184 Å². The summed E-state index contributed by atoms with van der Waals surface area (Å²) in [6.07, 6.45) is 8.67. The number of nitrogens with one attached hydrogen (secondary N) is 2. The third-order valence-corrected chi connectivity index (χ3v) is 6.91. The average molecular weight is 443 g/mol. The maximum Gasteiger partial charge on any atom is 0.262 e. The van der Waals surface area contributed by atoms with E-state index in [1.54, 1.807) is 15.9 Å². The molecule has 2 heterocycles. The maximum absolute atomic E-state index is 12.6. The van der Waals surface area contributed by atoms with Gasteiger partial charge in [-0.15, -0.1) is 11.3 Å². The zero-order valence-corrected chi connectivity index (χ0v) is 18.5. The minimum Gasteiger partial charge on any atom is -0.332 e. The van der Waals surface area contributed by atoms with Crippen LogP contribution < -0.4 is 10.9 Å². The minimum atomic E-state index is -0.0596. The van der Waals surface area contributed by atoms with Crippen LogP contribution in [0.3, 0.4) is 0 Å². The van der Waals surface area contributed by atoms with E-state index < -0.39 is 0 Å². The molecule has 0 bridgehead atoms. The molecule has 0 radical (unpaired) electrons. The number of benzene rings is 1. The molecular formula is C22H26N4O2S2. The molecule has 30 heavy (non-hydrogen) atoms. The molecule has 0 atom stereocenters. The number of carbonyl (C=O) groups is 1. The van der Waals surface area contributed by atoms with Crippen molar-refractivity contribution in [2.75, 3.05) is 5.32 Å². The van der Waals surface area contributed by atoms with Crippen LogP contribution in [0.15, 0.2) is 29.1 Å². The number of hydrogen-bond acceptors (Lipinski definition) is 5. The number of unbranched alkanes of at least 4 members (excludes halogenated alkanes) is 2. The number of thiazole rings is 1. The summed E-state index contributed by atoms with van der Waals surface area (Å²) < 4.78 is 2.06. The summed E-state index contributed by atoms with van der Waals surface area (Å²) in [4.78, 5) is 34.0. The monoisotopic (exact) mass is 442 g/mol. The zero-order valence-electron chi connectivity index (χ0n) is 16.9. The molecule has 0 saturated heterocycles. The normalized spacial score (nSPS) is 13.7. The molecule has 0 aliphatic heterocycles. The van der Waals surface area contributed by atoms with Crippen molar-refractivity contribution in [1.82, 2.24) is 14.5 Å². The first-order valence-electron chi connectivity index (χ1n) is 10.6. The number of hydrogen-bond donors (Lipinski definition) is 2. The molecule has 0 fully saturated rings. The fourth-order valence-corrected chi connectivity index (χ4v) is 5.25. The number of amides is 1. The highest BCUT2D eigenvalue weighted by Crippen LogP contribution is 2.29. The lowest BCUT2D eigenvalue weighted by molar-refractivity contribution is -0.116. The molecule has 1 aliphatic rings. The number of aromatic nitrogens is 3. The van der Waals surface area contributed by atoms with Crippen molar-refractivity contribution in [2.24, 2.45) is 0 Å². The average Bonchev–Trinajstić information content (AvgIpc) is 2.97. The minimum absolute atomic E-state index is 0.0130. The van der Waals surface area contributed by atoms with Crippen molar-refractivity contribution >= 4 is 45.5 Å². The highest BCUT2D eigenvalue weighted by atomic mass is 32.1. The number of nitrogens with zero attached hydrogens (tertiary/aromatic N) is 2. The smallest absolute Gasteiger partial charge is 0.262 e. The summed E-state index contributed by atoms with van der Waals surface area (Å²) in [7, 11) is 0. The molecule has 0 unspecified atom stereocenters. The lowest BCUT2D eigenvalue weighted by Gasteiger charge is -2.08. The number of anilines is 1. The Kier molecular flexibility index (Phi) is 6.74. The van der Waals surface area contributed by atoms with E-state index in [1.807, 2.05) is 24.3 Å². The molecule has 0 spiro atoms. The van der Waals surface area contributed by atoms with Gasteiger partial charge in [-0.2, -0.15) is 0 Å². The van der Waals surface area contributed by atoms with Crippen LogP contribution in [0.4, 0.5) is 5.13 Å². The molecule has 1 aromatic carbocycles. The van der Waals surface area contributed by atoms with Crippen LogP contribution in [0.1, 0.15) is 55.5 Å². The fourth-order valence-electron chi connectivity index (χ4n) is 3.90. The summed E-state index contributed by atoms with van der Waals surface area (Å²) in [5.41, 5.74) is 1.88. The van der Waals surface area contributed by atoms with E-state index >= 15 is 0 Å². The van der Waals surface area contributed by atoms with Gasteiger partial charge in [0.1, 0.15) is 0 Å². The molecular weight excluding hydrogens is 416 g/mol. The van der Waals surface area contributed by atoms with Crippen molar-refractivity contribution in [3.8, 4) is 0 Å². The van der Waals surface area contributed by atoms with Gasteiger partial charge in [0.2, 0.25) is 5.91 Å². The molecule has 0 saturated carbocycles. The third kappa shape index (κ3) is 4.87. The predicted octanol–water partition coefficient (Wildman–Crippen LogP) is 4.98. The Morgan fingerprint density at radius 1 is 1.17 bits per heavy atom.